The molecule has 3 heteroatoms. The molecule has 0 bridgehead atoms. The van der Waals surface area contributed by atoms with Crippen molar-refractivity contribution in [1.82, 2.24) is 5.32 Å². The van der Waals surface area contributed by atoms with Crippen LogP contribution in [-0.2, 0) is 6.42 Å². The van der Waals surface area contributed by atoms with Crippen molar-refractivity contribution in [2.75, 3.05) is 14.2 Å². The molecule has 2 rings (SSSR count). The summed E-state index contributed by atoms with van der Waals surface area (Å²) in [6.45, 7) is 2.11. The first-order chi connectivity index (χ1) is 8.74. The number of hydrogen-bond acceptors (Lipinski definition) is 3. The van der Waals surface area contributed by atoms with Crippen molar-refractivity contribution >= 4 is 11.3 Å². The van der Waals surface area contributed by atoms with Gasteiger partial charge < -0.3 is 10.1 Å². The first-order valence-corrected chi connectivity index (χ1v) is 6.96. The smallest absolute Gasteiger partial charge is 0.122 e. The van der Waals surface area contributed by atoms with Gasteiger partial charge in [-0.05, 0) is 43.5 Å². The summed E-state index contributed by atoms with van der Waals surface area (Å²) >= 11 is 1.79. The van der Waals surface area contributed by atoms with Crippen molar-refractivity contribution in [2.45, 2.75) is 19.4 Å². The Kier molecular flexibility index (Phi) is 4.39. The average molecular weight is 261 g/mol. The highest BCUT2D eigenvalue weighted by atomic mass is 32.1. The fourth-order valence-electron chi connectivity index (χ4n) is 2.12. The van der Waals surface area contributed by atoms with Gasteiger partial charge in [0, 0.05) is 10.9 Å². The van der Waals surface area contributed by atoms with Gasteiger partial charge in [-0.1, -0.05) is 23.8 Å². The zero-order valence-corrected chi connectivity index (χ0v) is 11.9. The molecule has 0 fully saturated rings. The molecule has 0 radical (unpaired) electrons. The van der Waals surface area contributed by atoms with Crippen LogP contribution in [0.2, 0.25) is 0 Å². The Balaban J connectivity index is 2.24. The van der Waals surface area contributed by atoms with Crippen LogP contribution in [0.3, 0.4) is 0 Å². The molecule has 0 saturated carbocycles. The lowest BCUT2D eigenvalue weighted by Crippen LogP contribution is -2.18. The minimum absolute atomic E-state index is 0.348. The highest BCUT2D eigenvalue weighted by molar-refractivity contribution is 7.10. The van der Waals surface area contributed by atoms with Crippen LogP contribution < -0.4 is 10.1 Å². The fourth-order valence-corrected chi connectivity index (χ4v) is 2.96. The second-order valence-electron chi connectivity index (χ2n) is 4.38. The normalized spacial score (nSPS) is 12.4. The van der Waals surface area contributed by atoms with Gasteiger partial charge in [-0.15, -0.1) is 11.3 Å². The molecular weight excluding hydrogens is 242 g/mol. The standard InChI is InChI=1S/C15H19NOS/c1-11-6-7-14(17-3)12(9-11)10-13(16-2)15-5-4-8-18-15/h4-9,13,16H,10H2,1-3H3. The molecule has 0 aliphatic rings. The van der Waals surface area contributed by atoms with E-state index in [1.165, 1.54) is 16.0 Å². The molecule has 0 spiro atoms. The minimum atomic E-state index is 0.348. The lowest BCUT2D eigenvalue weighted by Gasteiger charge is -2.17. The molecule has 1 N–H and O–H groups in total. The first kappa shape index (κ1) is 13.1. The maximum atomic E-state index is 5.44. The summed E-state index contributed by atoms with van der Waals surface area (Å²) in [6.07, 6.45) is 0.946. The van der Waals surface area contributed by atoms with Gasteiger partial charge in [-0.25, -0.2) is 0 Å². The molecule has 1 aromatic heterocycles. The number of nitrogens with one attached hydrogen (secondary N) is 1. The Morgan fingerprint density at radius 1 is 1.33 bits per heavy atom. The van der Waals surface area contributed by atoms with Gasteiger partial charge in [0.1, 0.15) is 5.75 Å². The molecule has 0 aliphatic carbocycles. The molecule has 1 unspecified atom stereocenters. The third-order valence-corrected chi connectivity index (χ3v) is 4.08. The summed E-state index contributed by atoms with van der Waals surface area (Å²) in [4.78, 5) is 1.36. The van der Waals surface area contributed by atoms with Crippen molar-refractivity contribution in [2.24, 2.45) is 0 Å². The van der Waals surface area contributed by atoms with Crippen molar-refractivity contribution in [3.05, 3.63) is 51.7 Å². The van der Waals surface area contributed by atoms with Crippen LogP contribution in [0.15, 0.2) is 35.7 Å². The molecule has 0 saturated heterocycles. The van der Waals surface area contributed by atoms with E-state index in [0.717, 1.165) is 12.2 Å². The number of rotatable bonds is 5. The fraction of sp³-hybridized carbons (Fsp3) is 0.333. The number of likely N-dealkylation sites (N-methyl/N-ethyl adjacent to an activating group) is 1. The molecular formula is C15H19NOS. The molecule has 2 nitrogen and oxygen atoms in total. The molecule has 1 atom stereocenters. The summed E-state index contributed by atoms with van der Waals surface area (Å²) < 4.78 is 5.44. The van der Waals surface area contributed by atoms with E-state index in [2.05, 4.69) is 41.9 Å². The quantitative estimate of drug-likeness (QED) is 0.888. The highest BCUT2D eigenvalue weighted by Gasteiger charge is 2.14. The van der Waals surface area contributed by atoms with Crippen LogP contribution in [0, 0.1) is 6.92 Å². The maximum Gasteiger partial charge on any atom is 0.122 e. The van der Waals surface area contributed by atoms with E-state index >= 15 is 0 Å². The second kappa shape index (κ2) is 6.03. The Bertz CT molecular complexity index is 493. The van der Waals surface area contributed by atoms with E-state index < -0.39 is 0 Å². The third kappa shape index (κ3) is 2.92. The Morgan fingerprint density at radius 3 is 2.78 bits per heavy atom. The summed E-state index contributed by atoms with van der Waals surface area (Å²) in [5.74, 6) is 0.970. The molecule has 18 heavy (non-hydrogen) atoms. The van der Waals surface area contributed by atoms with Gasteiger partial charge >= 0.3 is 0 Å². The number of hydrogen-bond donors (Lipinski definition) is 1. The van der Waals surface area contributed by atoms with Crippen molar-refractivity contribution in [3.63, 3.8) is 0 Å². The zero-order chi connectivity index (χ0) is 13.0. The van der Waals surface area contributed by atoms with Crippen LogP contribution in [0.1, 0.15) is 22.0 Å². The number of aryl methyl sites for hydroxylation is 1. The average Bonchev–Trinajstić information content (AvgIpc) is 2.90. The molecule has 96 valence electrons. The van der Waals surface area contributed by atoms with Crippen molar-refractivity contribution in [3.8, 4) is 5.75 Å². The van der Waals surface area contributed by atoms with Crippen LogP contribution in [0.5, 0.6) is 5.75 Å². The van der Waals surface area contributed by atoms with Gasteiger partial charge in [0.05, 0.1) is 7.11 Å². The summed E-state index contributed by atoms with van der Waals surface area (Å²) in [5.41, 5.74) is 2.53. The monoisotopic (exact) mass is 261 g/mol. The van der Waals surface area contributed by atoms with E-state index in [9.17, 15) is 0 Å². The van der Waals surface area contributed by atoms with E-state index in [1.54, 1.807) is 18.4 Å². The Hall–Kier alpha value is -1.32. The molecule has 0 aliphatic heterocycles. The second-order valence-corrected chi connectivity index (χ2v) is 5.36. The number of thiophene rings is 1. The number of benzene rings is 1. The van der Waals surface area contributed by atoms with E-state index in [-0.39, 0.29) is 0 Å². The van der Waals surface area contributed by atoms with Crippen molar-refractivity contribution in [1.29, 1.82) is 0 Å². The van der Waals surface area contributed by atoms with Crippen LogP contribution >= 0.6 is 11.3 Å². The topological polar surface area (TPSA) is 21.3 Å². The lowest BCUT2D eigenvalue weighted by molar-refractivity contribution is 0.406. The predicted molar refractivity (Wildman–Crippen MR) is 77.6 cm³/mol. The predicted octanol–water partition coefficient (Wildman–Crippen LogP) is 3.57. The molecule has 1 aromatic carbocycles. The molecule has 1 heterocycles. The first-order valence-electron chi connectivity index (χ1n) is 6.08. The number of methoxy groups -OCH3 is 1. The summed E-state index contributed by atoms with van der Waals surface area (Å²) in [6, 6.07) is 11.0. The number of ether oxygens (including phenoxy) is 1. The van der Waals surface area contributed by atoms with Gasteiger partial charge in [-0.3, -0.25) is 0 Å². The Morgan fingerprint density at radius 2 is 2.17 bits per heavy atom. The van der Waals surface area contributed by atoms with Crippen LogP contribution in [0.25, 0.3) is 0 Å². The van der Waals surface area contributed by atoms with Gasteiger partial charge in [0.15, 0.2) is 0 Å². The molecule has 0 amide bonds. The largest absolute Gasteiger partial charge is 0.496 e. The van der Waals surface area contributed by atoms with Gasteiger partial charge in [-0.2, -0.15) is 0 Å². The Labute approximate surface area is 113 Å². The third-order valence-electron chi connectivity index (χ3n) is 3.10. The maximum absolute atomic E-state index is 5.44. The summed E-state index contributed by atoms with van der Waals surface area (Å²) in [7, 11) is 3.74. The molecule has 2 aromatic rings. The van der Waals surface area contributed by atoms with E-state index in [1.807, 2.05) is 13.1 Å². The highest BCUT2D eigenvalue weighted by Crippen LogP contribution is 2.27. The van der Waals surface area contributed by atoms with E-state index in [4.69, 9.17) is 4.74 Å². The van der Waals surface area contributed by atoms with E-state index in [0.29, 0.717) is 6.04 Å². The van der Waals surface area contributed by atoms with Gasteiger partial charge in [0.2, 0.25) is 0 Å². The SMILES string of the molecule is CNC(Cc1cc(C)ccc1OC)c1cccs1. The van der Waals surface area contributed by atoms with Crippen LogP contribution in [0.4, 0.5) is 0 Å². The van der Waals surface area contributed by atoms with Gasteiger partial charge in [0.25, 0.3) is 0 Å². The van der Waals surface area contributed by atoms with Crippen molar-refractivity contribution < 1.29 is 4.74 Å². The summed E-state index contributed by atoms with van der Waals surface area (Å²) in [5, 5.41) is 5.50. The minimum Gasteiger partial charge on any atom is -0.496 e. The zero-order valence-electron chi connectivity index (χ0n) is 11.1. The van der Waals surface area contributed by atoms with Crippen LogP contribution in [-0.4, -0.2) is 14.2 Å². The lowest BCUT2D eigenvalue weighted by atomic mass is 10.0.